The fourth-order valence-corrected chi connectivity index (χ4v) is 5.97. The number of benzene rings is 2. The van der Waals surface area contributed by atoms with Gasteiger partial charge in [-0.25, -0.2) is 9.59 Å². The third-order valence-electron chi connectivity index (χ3n) is 9.49. The van der Waals surface area contributed by atoms with Crippen LogP contribution in [0.4, 0.5) is 21.0 Å². The van der Waals surface area contributed by atoms with Crippen LogP contribution in [-0.2, 0) is 53.0 Å². The molecular weight excluding hydrogens is 688 g/mol. The number of hydrogen-bond donors (Lipinski definition) is 2. The second-order valence-electron chi connectivity index (χ2n) is 13.0. The molecule has 0 bridgehead atoms. The van der Waals surface area contributed by atoms with Gasteiger partial charge in [-0.05, 0) is 74.1 Å². The number of nitrogens with one attached hydrogen (secondary N) is 2. The first-order valence-electron chi connectivity index (χ1n) is 17.3. The maximum Gasteiger partial charge on any atom is 0.411 e. The van der Waals surface area contributed by atoms with Crippen molar-refractivity contribution in [2.45, 2.75) is 52.4 Å². The number of carbonyl (C=O) groups excluding carboxylic acids is 6. The Labute approximate surface area is 308 Å². The quantitative estimate of drug-likeness (QED) is 0.0651. The number of amides is 2. The van der Waals surface area contributed by atoms with E-state index in [0.717, 1.165) is 11.1 Å². The van der Waals surface area contributed by atoms with Gasteiger partial charge >= 0.3 is 36.1 Å². The maximum absolute atomic E-state index is 12.6. The molecule has 0 aliphatic heterocycles. The van der Waals surface area contributed by atoms with Crippen LogP contribution in [0.5, 0.6) is 0 Å². The van der Waals surface area contributed by atoms with Crippen LogP contribution in [0, 0.1) is 16.7 Å². The largest absolute Gasteiger partial charge is 0.465 e. The molecule has 2 aliphatic carbocycles. The Morgan fingerprint density at radius 2 is 1.11 bits per heavy atom. The third-order valence-corrected chi connectivity index (χ3v) is 9.49. The lowest BCUT2D eigenvalue weighted by atomic mass is 9.65. The van der Waals surface area contributed by atoms with E-state index in [4.69, 9.17) is 28.4 Å². The van der Waals surface area contributed by atoms with Crippen molar-refractivity contribution in [2.24, 2.45) is 16.7 Å². The second kappa shape index (κ2) is 17.2. The molecule has 14 nitrogen and oxygen atoms in total. The molecular formula is C39H46N2O12. The van der Waals surface area contributed by atoms with Gasteiger partial charge in [-0.15, -0.1) is 6.58 Å². The molecule has 14 heteroatoms. The first-order chi connectivity index (χ1) is 25.3. The minimum absolute atomic E-state index is 0.125. The van der Waals surface area contributed by atoms with Gasteiger partial charge in [0.1, 0.15) is 26.4 Å². The topological polar surface area (TPSA) is 182 Å². The summed E-state index contributed by atoms with van der Waals surface area (Å²) in [5, 5.41) is 5.25. The van der Waals surface area contributed by atoms with Gasteiger partial charge in [0.05, 0.1) is 13.2 Å². The van der Waals surface area contributed by atoms with Crippen LogP contribution in [0.3, 0.4) is 0 Å². The molecule has 2 amide bonds. The molecule has 3 unspecified atom stereocenters. The van der Waals surface area contributed by atoms with Crippen LogP contribution in [0.2, 0.25) is 0 Å². The summed E-state index contributed by atoms with van der Waals surface area (Å²) in [4.78, 5) is 74.5. The Hall–Kier alpha value is -5.66. The van der Waals surface area contributed by atoms with E-state index in [9.17, 15) is 28.8 Å². The Morgan fingerprint density at radius 3 is 1.51 bits per heavy atom. The predicted molar refractivity (Wildman–Crippen MR) is 192 cm³/mol. The van der Waals surface area contributed by atoms with E-state index in [1.54, 1.807) is 38.1 Å². The number of anilines is 2. The summed E-state index contributed by atoms with van der Waals surface area (Å²) in [7, 11) is 0. The zero-order chi connectivity index (χ0) is 38.8. The summed E-state index contributed by atoms with van der Waals surface area (Å²) < 4.78 is 30.7. The number of rotatable bonds is 17. The van der Waals surface area contributed by atoms with Crippen molar-refractivity contribution in [1.82, 2.24) is 0 Å². The molecule has 2 aromatic rings. The smallest absolute Gasteiger partial charge is 0.411 e. The van der Waals surface area contributed by atoms with Crippen molar-refractivity contribution >= 4 is 47.4 Å². The molecule has 284 valence electrons. The van der Waals surface area contributed by atoms with Gasteiger partial charge in [0, 0.05) is 22.7 Å². The predicted octanol–water partition coefficient (Wildman–Crippen LogP) is 5.85. The molecule has 2 aliphatic rings. The molecule has 2 saturated carbocycles. The first kappa shape index (κ1) is 40.1. The summed E-state index contributed by atoms with van der Waals surface area (Å²) in [5.41, 5.74) is -0.0211. The number of ether oxygens (including phenoxy) is 6. The molecule has 2 aromatic carbocycles. The zero-order valence-electron chi connectivity index (χ0n) is 30.5. The number of allylic oxidation sites excluding steroid dienone is 1. The number of hydrogen-bond acceptors (Lipinski definition) is 12. The highest BCUT2D eigenvalue weighted by Gasteiger charge is 2.67. The van der Waals surface area contributed by atoms with Crippen LogP contribution in [0.25, 0.3) is 0 Å². The van der Waals surface area contributed by atoms with Crippen LogP contribution in [0.1, 0.15) is 58.1 Å². The second-order valence-corrected chi connectivity index (χ2v) is 13.0. The van der Waals surface area contributed by atoms with E-state index in [-0.39, 0.29) is 58.4 Å². The lowest BCUT2D eigenvalue weighted by Gasteiger charge is -2.38. The maximum atomic E-state index is 12.6. The monoisotopic (exact) mass is 734 g/mol. The van der Waals surface area contributed by atoms with E-state index >= 15 is 0 Å². The lowest BCUT2D eigenvalue weighted by molar-refractivity contribution is -0.173. The summed E-state index contributed by atoms with van der Waals surface area (Å²) in [6.07, 6.45) is 1.10. The van der Waals surface area contributed by atoms with Crippen LogP contribution in [-0.4, -0.2) is 75.7 Å². The van der Waals surface area contributed by atoms with Gasteiger partial charge in [-0.3, -0.25) is 29.8 Å². The van der Waals surface area contributed by atoms with E-state index < -0.39 is 52.3 Å². The van der Waals surface area contributed by atoms with Gasteiger partial charge in [-0.2, -0.15) is 0 Å². The van der Waals surface area contributed by atoms with Crippen molar-refractivity contribution < 1.29 is 57.2 Å². The Kier molecular flexibility index (Phi) is 13.0. The fraction of sp³-hybridized carbons (Fsp3) is 0.436. The molecule has 0 radical (unpaired) electrons. The van der Waals surface area contributed by atoms with Crippen molar-refractivity contribution in [3.05, 3.63) is 84.5 Å². The minimum atomic E-state index is -1.49. The average Bonchev–Trinajstić information content (AvgIpc) is 3.88. The van der Waals surface area contributed by atoms with E-state index in [1.165, 1.54) is 6.08 Å². The SMILES string of the molecule is C=CC1CC1(C(=O)OCC)C(=O)OCCOC(=O)Nc1ccc(C(C)(C)c2ccc(NC(=O)OCCOC(=O)C3(C(=O)OCC)CCC3=C)cc2)cc1. The molecule has 2 fully saturated rings. The summed E-state index contributed by atoms with van der Waals surface area (Å²) >= 11 is 0. The standard InChI is InChI=1S/C39H46N2O12/c1-7-26-24-39(26,33(44)49-9-3)34(45)51-21-23-53-36(47)41-30-16-12-28(13-17-30)37(5,6)27-10-14-29(15-11-27)40-35(46)52-22-20-50-32(43)38(19-18-25(38)4)31(42)48-8-2/h7,10-17,26H,1,4,8-9,18-24H2,2-3,5-6H3,(H,40,46)(H,41,47). The molecule has 53 heavy (non-hydrogen) atoms. The molecule has 0 heterocycles. The highest BCUT2D eigenvalue weighted by molar-refractivity contribution is 6.05. The number of carbonyl (C=O) groups is 6. The van der Waals surface area contributed by atoms with E-state index in [0.29, 0.717) is 23.4 Å². The highest BCUT2D eigenvalue weighted by Crippen LogP contribution is 2.55. The fourth-order valence-electron chi connectivity index (χ4n) is 5.97. The van der Waals surface area contributed by atoms with Crippen molar-refractivity contribution in [3.8, 4) is 0 Å². The van der Waals surface area contributed by atoms with E-state index in [2.05, 4.69) is 23.8 Å². The van der Waals surface area contributed by atoms with Gasteiger partial charge < -0.3 is 28.4 Å². The van der Waals surface area contributed by atoms with Gasteiger partial charge in [0.15, 0.2) is 10.8 Å². The molecule has 0 saturated heterocycles. The van der Waals surface area contributed by atoms with Crippen LogP contribution < -0.4 is 10.6 Å². The van der Waals surface area contributed by atoms with Crippen molar-refractivity contribution in [1.29, 1.82) is 0 Å². The van der Waals surface area contributed by atoms with Gasteiger partial charge in [0.25, 0.3) is 0 Å². The normalized spacial score (nSPS) is 20.1. The van der Waals surface area contributed by atoms with Gasteiger partial charge in [-0.1, -0.05) is 50.8 Å². The average molecular weight is 735 g/mol. The number of esters is 4. The van der Waals surface area contributed by atoms with Crippen molar-refractivity contribution in [2.75, 3.05) is 50.3 Å². The molecule has 4 rings (SSSR count). The lowest BCUT2D eigenvalue weighted by Crippen LogP contribution is -2.49. The van der Waals surface area contributed by atoms with Gasteiger partial charge in [0.2, 0.25) is 0 Å². The molecule has 0 aromatic heterocycles. The Balaban J connectivity index is 1.19. The summed E-state index contributed by atoms with van der Waals surface area (Å²) in [6, 6.07) is 14.4. The Bertz CT molecular complexity index is 1720. The van der Waals surface area contributed by atoms with Crippen molar-refractivity contribution in [3.63, 3.8) is 0 Å². The zero-order valence-corrected chi connectivity index (χ0v) is 30.5. The Morgan fingerprint density at radius 1 is 0.698 bits per heavy atom. The summed E-state index contributed by atoms with van der Waals surface area (Å²) in [6.45, 7) is 14.1. The molecule has 2 N–H and O–H groups in total. The summed E-state index contributed by atoms with van der Waals surface area (Å²) in [5.74, 6) is -3.18. The molecule has 3 atom stereocenters. The molecule has 0 spiro atoms. The minimum Gasteiger partial charge on any atom is -0.465 e. The third kappa shape index (κ3) is 8.87. The first-order valence-corrected chi connectivity index (χ1v) is 17.3. The van der Waals surface area contributed by atoms with Crippen LogP contribution >= 0.6 is 0 Å². The highest BCUT2D eigenvalue weighted by atomic mass is 16.6. The van der Waals surface area contributed by atoms with Crippen LogP contribution in [0.15, 0.2) is 73.3 Å². The van der Waals surface area contributed by atoms with E-state index in [1.807, 2.05) is 38.1 Å².